The van der Waals surface area contributed by atoms with Crippen molar-refractivity contribution in [1.82, 2.24) is 10.3 Å². The van der Waals surface area contributed by atoms with Crippen LogP contribution in [-0.2, 0) is 33.5 Å². The maximum atomic E-state index is 14.2. The number of esters is 1. The van der Waals surface area contributed by atoms with Gasteiger partial charge in [-0.15, -0.1) is 11.3 Å². The summed E-state index contributed by atoms with van der Waals surface area (Å²) in [6.07, 6.45) is 2.76. The van der Waals surface area contributed by atoms with Crippen LogP contribution >= 0.6 is 11.3 Å². The summed E-state index contributed by atoms with van der Waals surface area (Å²) in [5.41, 5.74) is 1.88. The highest BCUT2D eigenvalue weighted by atomic mass is 32.1. The second-order valence-corrected chi connectivity index (χ2v) is 11.4. The maximum absolute atomic E-state index is 14.2. The van der Waals surface area contributed by atoms with Gasteiger partial charge in [0.2, 0.25) is 0 Å². The molecule has 1 saturated heterocycles. The average Bonchev–Trinajstić information content (AvgIpc) is 3.46. The predicted molar refractivity (Wildman–Crippen MR) is 142 cm³/mol. The normalized spacial score (nSPS) is 18.4. The topological polar surface area (TPSA) is 77.5 Å². The van der Waals surface area contributed by atoms with Crippen LogP contribution < -0.4 is 5.32 Å². The Labute approximate surface area is 221 Å². The molecule has 196 valence electrons. The summed E-state index contributed by atoms with van der Waals surface area (Å²) >= 11 is 1.67. The Morgan fingerprint density at radius 2 is 1.95 bits per heavy atom. The Kier molecular flexibility index (Phi) is 8.27. The molecule has 0 radical (unpaired) electrons. The van der Waals surface area contributed by atoms with Gasteiger partial charge in [0, 0.05) is 12.6 Å². The van der Waals surface area contributed by atoms with Crippen molar-refractivity contribution in [3.63, 3.8) is 0 Å². The Bertz CT molecular complexity index is 1240. The molecule has 1 fully saturated rings. The lowest BCUT2D eigenvalue weighted by Crippen LogP contribution is -2.46. The van der Waals surface area contributed by atoms with Crippen LogP contribution in [0.5, 0.6) is 0 Å². The molecule has 1 aliphatic rings. The van der Waals surface area contributed by atoms with E-state index in [4.69, 9.17) is 9.47 Å². The van der Waals surface area contributed by atoms with E-state index < -0.39 is 29.8 Å². The number of aryl methyl sites for hydroxylation is 1. The van der Waals surface area contributed by atoms with Crippen LogP contribution in [0, 0.1) is 11.7 Å². The van der Waals surface area contributed by atoms with E-state index in [1.54, 1.807) is 50.3 Å². The van der Waals surface area contributed by atoms with Crippen molar-refractivity contribution in [2.45, 2.75) is 71.1 Å². The number of carbonyl (C=O) groups is 2. The summed E-state index contributed by atoms with van der Waals surface area (Å²) in [6.45, 7) is 7.47. The molecule has 0 spiro atoms. The van der Waals surface area contributed by atoms with Gasteiger partial charge < -0.3 is 14.8 Å². The van der Waals surface area contributed by atoms with Gasteiger partial charge in [0.15, 0.2) is 0 Å². The molecule has 0 bridgehead atoms. The molecule has 3 aromatic rings. The number of hydrogen-bond acceptors (Lipinski definition) is 6. The molecule has 6 nitrogen and oxygen atoms in total. The number of amides is 1. The summed E-state index contributed by atoms with van der Waals surface area (Å²) < 4.78 is 25.4. The number of thiazole rings is 1. The lowest BCUT2D eigenvalue weighted by Gasteiger charge is -2.26. The highest BCUT2D eigenvalue weighted by molar-refractivity contribution is 7.15. The summed E-state index contributed by atoms with van der Waals surface area (Å²) in [6, 6.07) is 14.0. The molecule has 3 atom stereocenters. The summed E-state index contributed by atoms with van der Waals surface area (Å²) in [5.74, 6) is -1.20. The SMILES string of the molecule is CCc1ncc(-c2ccc(C[C@H](NC(=O)OC(C)(C)C)[C@@H]3C[C@@H](Cc4ccccc4F)C(=O)O3)cc2)s1. The van der Waals surface area contributed by atoms with Gasteiger partial charge in [-0.25, -0.2) is 14.2 Å². The van der Waals surface area contributed by atoms with Crippen molar-refractivity contribution >= 4 is 23.4 Å². The molecule has 1 aliphatic heterocycles. The zero-order chi connectivity index (χ0) is 26.6. The van der Waals surface area contributed by atoms with Crippen molar-refractivity contribution < 1.29 is 23.5 Å². The number of halogens is 1. The lowest BCUT2D eigenvalue weighted by atomic mass is 9.91. The fourth-order valence-electron chi connectivity index (χ4n) is 4.41. The van der Waals surface area contributed by atoms with Gasteiger partial charge in [-0.05, 0) is 62.8 Å². The van der Waals surface area contributed by atoms with Gasteiger partial charge in [0.25, 0.3) is 0 Å². The number of hydrogen-bond donors (Lipinski definition) is 1. The average molecular weight is 525 g/mol. The zero-order valence-electron chi connectivity index (χ0n) is 21.6. The fraction of sp³-hybridized carbons (Fsp3) is 0.414. The van der Waals surface area contributed by atoms with Gasteiger partial charge in [-0.2, -0.15) is 0 Å². The molecule has 4 rings (SSSR count). The minimum Gasteiger partial charge on any atom is -0.460 e. The van der Waals surface area contributed by atoms with Crippen LogP contribution in [0.15, 0.2) is 54.7 Å². The zero-order valence-corrected chi connectivity index (χ0v) is 22.4. The quantitative estimate of drug-likeness (QED) is 0.359. The molecule has 1 aromatic heterocycles. The summed E-state index contributed by atoms with van der Waals surface area (Å²) in [7, 11) is 0. The van der Waals surface area contributed by atoms with E-state index >= 15 is 0 Å². The first kappa shape index (κ1) is 26.8. The van der Waals surface area contributed by atoms with E-state index in [1.807, 2.05) is 30.5 Å². The number of aromatic nitrogens is 1. The van der Waals surface area contributed by atoms with Crippen LogP contribution in [0.3, 0.4) is 0 Å². The first-order chi connectivity index (χ1) is 17.6. The molecule has 0 unspecified atom stereocenters. The molecule has 2 heterocycles. The number of carbonyl (C=O) groups excluding carboxylic acids is 2. The molecule has 37 heavy (non-hydrogen) atoms. The van der Waals surface area contributed by atoms with E-state index in [1.165, 1.54) is 6.07 Å². The minimum atomic E-state index is -0.665. The minimum absolute atomic E-state index is 0.254. The van der Waals surface area contributed by atoms with E-state index in [9.17, 15) is 14.0 Å². The van der Waals surface area contributed by atoms with Crippen LogP contribution in [0.4, 0.5) is 9.18 Å². The smallest absolute Gasteiger partial charge is 0.408 e. The summed E-state index contributed by atoms with van der Waals surface area (Å²) in [5, 5.41) is 4.01. The van der Waals surface area contributed by atoms with Crippen molar-refractivity contribution in [3.05, 3.63) is 76.7 Å². The van der Waals surface area contributed by atoms with Gasteiger partial charge >= 0.3 is 12.1 Å². The second kappa shape index (κ2) is 11.4. The molecule has 1 amide bonds. The Balaban J connectivity index is 1.49. The van der Waals surface area contributed by atoms with Crippen LogP contribution in [0.1, 0.15) is 50.3 Å². The van der Waals surface area contributed by atoms with Gasteiger partial charge in [0.05, 0.1) is 21.8 Å². The third-order valence-corrected chi connectivity index (χ3v) is 7.43. The van der Waals surface area contributed by atoms with E-state index in [-0.39, 0.29) is 18.2 Å². The largest absolute Gasteiger partial charge is 0.460 e. The Morgan fingerprint density at radius 1 is 1.22 bits per heavy atom. The number of cyclic esters (lactones) is 1. The van der Waals surface area contributed by atoms with Gasteiger partial charge in [-0.1, -0.05) is 49.4 Å². The number of ether oxygens (including phenoxy) is 2. The number of rotatable bonds is 8. The third kappa shape index (κ3) is 7.16. The third-order valence-electron chi connectivity index (χ3n) is 6.24. The molecular weight excluding hydrogens is 491 g/mol. The van der Waals surface area contributed by atoms with Gasteiger partial charge in [-0.3, -0.25) is 4.79 Å². The van der Waals surface area contributed by atoms with E-state index in [0.717, 1.165) is 27.4 Å². The number of benzene rings is 2. The first-order valence-electron chi connectivity index (χ1n) is 12.6. The van der Waals surface area contributed by atoms with Crippen molar-refractivity contribution in [2.75, 3.05) is 0 Å². The first-order valence-corrected chi connectivity index (χ1v) is 13.4. The van der Waals surface area contributed by atoms with Crippen molar-refractivity contribution in [1.29, 1.82) is 0 Å². The number of nitrogens with zero attached hydrogens (tertiary/aromatic N) is 1. The van der Waals surface area contributed by atoms with Crippen LogP contribution in [0.2, 0.25) is 0 Å². The molecule has 1 N–H and O–H groups in total. The Morgan fingerprint density at radius 3 is 2.59 bits per heavy atom. The number of nitrogens with one attached hydrogen (secondary N) is 1. The predicted octanol–water partition coefficient (Wildman–Crippen LogP) is 6.12. The van der Waals surface area contributed by atoms with Crippen LogP contribution in [-0.4, -0.2) is 34.8 Å². The molecular formula is C29H33FN2O4S. The van der Waals surface area contributed by atoms with Gasteiger partial charge in [0.1, 0.15) is 17.5 Å². The standard InChI is InChI=1S/C29H33FN2O4S/c1-5-26-31-17-25(37-26)19-12-10-18(11-13-19)14-23(32-28(34)36-29(2,3)4)24-16-21(27(33)35-24)15-20-8-6-7-9-22(20)30/h6-13,17,21,23-24H,5,14-16H2,1-4H3,(H,32,34)/t21-,23+,24+/m1/s1. The second-order valence-electron chi connectivity index (χ2n) is 10.3. The molecule has 0 aliphatic carbocycles. The van der Waals surface area contributed by atoms with Crippen LogP contribution in [0.25, 0.3) is 10.4 Å². The molecule has 8 heteroatoms. The molecule has 2 aromatic carbocycles. The highest BCUT2D eigenvalue weighted by Gasteiger charge is 2.40. The lowest BCUT2D eigenvalue weighted by molar-refractivity contribution is -0.145. The van der Waals surface area contributed by atoms with Crippen molar-refractivity contribution in [2.24, 2.45) is 5.92 Å². The monoisotopic (exact) mass is 524 g/mol. The van der Waals surface area contributed by atoms with Crippen molar-refractivity contribution in [3.8, 4) is 10.4 Å². The maximum Gasteiger partial charge on any atom is 0.408 e. The highest BCUT2D eigenvalue weighted by Crippen LogP contribution is 2.30. The van der Waals surface area contributed by atoms with E-state index in [2.05, 4.69) is 17.2 Å². The Hall–Kier alpha value is -3.26. The van der Waals surface area contributed by atoms with E-state index in [0.29, 0.717) is 18.4 Å². The fourth-order valence-corrected chi connectivity index (χ4v) is 5.28. The number of alkyl carbamates (subject to hydrolysis) is 1. The molecule has 0 saturated carbocycles. The summed E-state index contributed by atoms with van der Waals surface area (Å²) in [4.78, 5) is 30.9.